The third-order valence-electron chi connectivity index (χ3n) is 9.11. The van der Waals surface area contributed by atoms with Crippen LogP contribution in [0.5, 0.6) is 0 Å². The smallest absolute Gasteiger partial charge is 0.0695 e. The Kier molecular flexibility index (Phi) is 6.77. The van der Waals surface area contributed by atoms with Crippen LogP contribution in [0.25, 0.3) is 77.6 Å². The summed E-state index contributed by atoms with van der Waals surface area (Å²) in [5, 5.41) is 6.09. The average molecular weight is 591 g/mol. The number of aromatic nitrogens is 1. The molecular weight excluding hydrogens is 556 g/mol. The van der Waals surface area contributed by atoms with Gasteiger partial charge in [-0.05, 0) is 105 Å². The first kappa shape index (κ1) is 27.7. The van der Waals surface area contributed by atoms with Crippen LogP contribution in [-0.4, -0.2) is 4.57 Å². The van der Waals surface area contributed by atoms with Crippen LogP contribution in [0.2, 0.25) is 0 Å². The quantitative estimate of drug-likeness (QED) is 0.199. The van der Waals surface area contributed by atoms with Crippen molar-refractivity contribution >= 4 is 44.2 Å². The van der Waals surface area contributed by atoms with E-state index in [1.165, 1.54) is 54.9 Å². The number of nitrogens with zero attached hydrogens (tertiary/aromatic N) is 1. The topological polar surface area (TPSA) is 30.9 Å². The highest BCUT2D eigenvalue weighted by molar-refractivity contribution is 6.22. The Labute approximate surface area is 269 Å². The summed E-state index contributed by atoms with van der Waals surface area (Å²) < 4.78 is 2.28. The van der Waals surface area contributed by atoms with Gasteiger partial charge in [0.2, 0.25) is 0 Å². The summed E-state index contributed by atoms with van der Waals surface area (Å²) in [5.41, 5.74) is 19.3. The van der Waals surface area contributed by atoms with Gasteiger partial charge in [0.15, 0.2) is 0 Å². The molecule has 2 nitrogen and oxygen atoms in total. The minimum atomic E-state index is 0.806. The van der Waals surface area contributed by atoms with Gasteiger partial charge in [-0.1, -0.05) is 127 Å². The molecule has 7 aromatic carbocycles. The molecule has 0 aliphatic heterocycles. The van der Waals surface area contributed by atoms with Crippen molar-refractivity contribution in [1.29, 1.82) is 0 Å². The number of nitrogens with two attached hydrogens (primary N) is 1. The van der Waals surface area contributed by atoms with Gasteiger partial charge in [0.1, 0.15) is 0 Å². The molecule has 0 radical (unpaired) electrons. The molecule has 1 heterocycles. The van der Waals surface area contributed by atoms with Crippen molar-refractivity contribution in [3.05, 3.63) is 163 Å². The van der Waals surface area contributed by atoms with Gasteiger partial charge in [0.25, 0.3) is 0 Å². The predicted octanol–water partition coefficient (Wildman–Crippen LogP) is 11.9. The molecule has 0 fully saturated rings. The molecule has 2 N–H and O–H groups in total. The van der Waals surface area contributed by atoms with Crippen LogP contribution < -0.4 is 5.73 Å². The van der Waals surface area contributed by atoms with Crippen molar-refractivity contribution in [3.8, 4) is 39.1 Å². The number of anilines is 1. The summed E-state index contributed by atoms with van der Waals surface area (Å²) in [7, 11) is 0. The van der Waals surface area contributed by atoms with Gasteiger partial charge in [0.05, 0.1) is 16.9 Å². The summed E-state index contributed by atoms with van der Waals surface area (Å²) in [6.45, 7) is 4.15. The second-order valence-corrected chi connectivity index (χ2v) is 12.0. The molecule has 1 aromatic heterocycles. The summed E-state index contributed by atoms with van der Waals surface area (Å²) in [6.07, 6.45) is 4.16. The summed E-state index contributed by atoms with van der Waals surface area (Å²) in [5.74, 6) is 0. The van der Waals surface area contributed by atoms with Crippen LogP contribution in [0, 0.1) is 6.92 Å². The third kappa shape index (κ3) is 4.50. The largest absolute Gasteiger partial charge is 0.396 e. The first-order valence-electron chi connectivity index (χ1n) is 15.9. The Morgan fingerprint density at radius 2 is 1.09 bits per heavy atom. The molecule has 0 saturated carbocycles. The first-order valence-corrected chi connectivity index (χ1v) is 15.9. The molecule has 0 amide bonds. The SMILES string of the molecule is C/C=C\c1c(N)c2cc(C)ccc2n1-c1cccc(-c2ccc3c(-c4ccccc4)c4ccccc4c(-c4ccccc4)c3c2)c1. The van der Waals surface area contributed by atoms with Gasteiger partial charge >= 0.3 is 0 Å². The van der Waals surface area contributed by atoms with Gasteiger partial charge in [-0.2, -0.15) is 0 Å². The lowest BCUT2D eigenvalue weighted by atomic mass is 9.85. The van der Waals surface area contributed by atoms with E-state index in [0.717, 1.165) is 33.5 Å². The maximum atomic E-state index is 6.75. The van der Waals surface area contributed by atoms with E-state index in [4.69, 9.17) is 5.73 Å². The number of aryl methyl sites for hydroxylation is 1. The fourth-order valence-electron chi connectivity index (χ4n) is 7.06. The van der Waals surface area contributed by atoms with Gasteiger partial charge in [0, 0.05) is 11.1 Å². The van der Waals surface area contributed by atoms with Gasteiger partial charge in [-0.25, -0.2) is 0 Å². The van der Waals surface area contributed by atoms with E-state index in [1.54, 1.807) is 0 Å². The summed E-state index contributed by atoms with van der Waals surface area (Å²) >= 11 is 0. The highest BCUT2D eigenvalue weighted by Gasteiger charge is 2.18. The fourth-order valence-corrected chi connectivity index (χ4v) is 7.06. The monoisotopic (exact) mass is 590 g/mol. The number of rotatable bonds is 5. The zero-order valence-electron chi connectivity index (χ0n) is 26.0. The molecule has 0 bridgehead atoms. The zero-order chi connectivity index (χ0) is 31.2. The lowest BCUT2D eigenvalue weighted by Gasteiger charge is -2.19. The van der Waals surface area contributed by atoms with Gasteiger partial charge < -0.3 is 10.3 Å². The van der Waals surface area contributed by atoms with Crippen molar-refractivity contribution in [1.82, 2.24) is 4.57 Å². The lowest BCUT2D eigenvalue weighted by molar-refractivity contribution is 1.11. The Morgan fingerprint density at radius 3 is 1.76 bits per heavy atom. The first-order chi connectivity index (χ1) is 22.6. The number of allylic oxidation sites excluding steroid dienone is 1. The molecular formula is C44H34N2. The third-order valence-corrected chi connectivity index (χ3v) is 9.11. The highest BCUT2D eigenvalue weighted by atomic mass is 15.0. The van der Waals surface area contributed by atoms with E-state index in [9.17, 15) is 0 Å². The predicted molar refractivity (Wildman–Crippen MR) is 198 cm³/mol. The zero-order valence-corrected chi connectivity index (χ0v) is 26.0. The molecule has 46 heavy (non-hydrogen) atoms. The Morgan fingerprint density at radius 1 is 0.500 bits per heavy atom. The molecule has 2 heteroatoms. The van der Waals surface area contributed by atoms with E-state index < -0.39 is 0 Å². The Bertz CT molecular complexity index is 2430. The standard InChI is InChI=1S/C44H34N2/c1-3-13-41-44(45)39-26-29(2)22-25-40(39)46(41)34-19-12-18-32(27-34)33-23-24-37-38(28-33)43(31-16-8-5-9-17-31)36-21-11-10-20-35(36)42(37)30-14-6-4-7-15-30/h3-28H,45H2,1-2H3/b13-3-. The summed E-state index contributed by atoms with van der Waals surface area (Å²) in [6, 6.07) is 52.7. The molecule has 0 atom stereocenters. The molecule has 8 aromatic rings. The molecule has 0 spiro atoms. The minimum absolute atomic E-state index is 0.806. The van der Waals surface area contributed by atoms with Crippen LogP contribution in [0.3, 0.4) is 0 Å². The van der Waals surface area contributed by atoms with Crippen LogP contribution in [0.4, 0.5) is 5.69 Å². The van der Waals surface area contributed by atoms with Crippen molar-refractivity contribution in [2.75, 3.05) is 5.73 Å². The Hall–Kier alpha value is -5.86. The fraction of sp³-hybridized carbons (Fsp3) is 0.0455. The van der Waals surface area contributed by atoms with Gasteiger partial charge in [-0.15, -0.1) is 0 Å². The van der Waals surface area contributed by atoms with Crippen molar-refractivity contribution in [2.24, 2.45) is 0 Å². The number of nitrogen functional groups attached to an aromatic ring is 1. The molecule has 0 aliphatic rings. The molecule has 0 unspecified atom stereocenters. The lowest BCUT2D eigenvalue weighted by Crippen LogP contribution is -1.98. The Balaban J connectivity index is 1.40. The average Bonchev–Trinajstić information content (AvgIpc) is 3.37. The van der Waals surface area contributed by atoms with E-state index in [2.05, 4.69) is 169 Å². The van der Waals surface area contributed by atoms with Crippen molar-refractivity contribution in [3.63, 3.8) is 0 Å². The maximum Gasteiger partial charge on any atom is 0.0695 e. The second-order valence-electron chi connectivity index (χ2n) is 12.0. The summed E-state index contributed by atoms with van der Waals surface area (Å²) in [4.78, 5) is 0. The van der Waals surface area contributed by atoms with Gasteiger partial charge in [-0.3, -0.25) is 0 Å². The van der Waals surface area contributed by atoms with Crippen molar-refractivity contribution < 1.29 is 0 Å². The minimum Gasteiger partial charge on any atom is -0.396 e. The van der Waals surface area contributed by atoms with Crippen LogP contribution in [0.15, 0.2) is 152 Å². The van der Waals surface area contributed by atoms with E-state index >= 15 is 0 Å². The van der Waals surface area contributed by atoms with E-state index in [-0.39, 0.29) is 0 Å². The number of hydrogen-bond donors (Lipinski definition) is 1. The van der Waals surface area contributed by atoms with Crippen LogP contribution in [-0.2, 0) is 0 Å². The van der Waals surface area contributed by atoms with Crippen LogP contribution >= 0.6 is 0 Å². The van der Waals surface area contributed by atoms with E-state index in [1.807, 2.05) is 6.92 Å². The number of benzene rings is 7. The number of hydrogen-bond acceptors (Lipinski definition) is 1. The number of fused-ring (bicyclic) bond motifs is 3. The second kappa shape index (κ2) is 11.3. The molecule has 220 valence electrons. The molecule has 8 rings (SSSR count). The van der Waals surface area contributed by atoms with Crippen molar-refractivity contribution in [2.45, 2.75) is 13.8 Å². The van der Waals surface area contributed by atoms with Crippen LogP contribution in [0.1, 0.15) is 18.2 Å². The highest BCUT2D eigenvalue weighted by Crippen LogP contribution is 2.45. The van der Waals surface area contributed by atoms with E-state index in [0.29, 0.717) is 0 Å². The molecule has 0 aliphatic carbocycles. The normalized spacial score (nSPS) is 11.7. The maximum absolute atomic E-state index is 6.75. The molecule has 0 saturated heterocycles.